The number of aromatic nitrogens is 1. The van der Waals surface area contributed by atoms with Crippen molar-refractivity contribution in [3.63, 3.8) is 0 Å². The maximum absolute atomic E-state index is 12.5. The first-order valence-corrected chi connectivity index (χ1v) is 9.93. The van der Waals surface area contributed by atoms with Crippen LogP contribution in [0.3, 0.4) is 0 Å². The quantitative estimate of drug-likeness (QED) is 0.630. The smallest absolute Gasteiger partial charge is 0.140 e. The summed E-state index contributed by atoms with van der Waals surface area (Å²) >= 11 is 0. The molecule has 2 aromatic carbocycles. The van der Waals surface area contributed by atoms with Gasteiger partial charge in [0.25, 0.3) is 0 Å². The third-order valence-electron chi connectivity index (χ3n) is 5.44. The van der Waals surface area contributed by atoms with Crippen molar-refractivity contribution >= 4 is 16.7 Å². The van der Waals surface area contributed by atoms with E-state index in [2.05, 4.69) is 23.2 Å². The molecule has 28 heavy (non-hydrogen) atoms. The number of rotatable bonds is 8. The zero-order chi connectivity index (χ0) is 19.5. The van der Waals surface area contributed by atoms with Crippen molar-refractivity contribution in [2.75, 3.05) is 6.61 Å². The molecular formula is C24H25NO3. The number of pyridine rings is 1. The summed E-state index contributed by atoms with van der Waals surface area (Å²) in [4.78, 5) is 17.1. The zero-order valence-electron chi connectivity index (χ0n) is 15.8. The van der Waals surface area contributed by atoms with Crippen LogP contribution in [0.15, 0.2) is 54.7 Å². The van der Waals surface area contributed by atoms with Crippen LogP contribution in [0.5, 0.6) is 0 Å². The number of aryl methyl sites for hydroxylation is 1. The molecule has 4 rings (SSSR count). The lowest BCUT2D eigenvalue weighted by atomic mass is 9.91. The highest BCUT2D eigenvalue weighted by Gasteiger charge is 2.30. The van der Waals surface area contributed by atoms with Gasteiger partial charge >= 0.3 is 0 Å². The second kappa shape index (κ2) is 8.21. The lowest BCUT2D eigenvalue weighted by Gasteiger charge is -2.14. The van der Waals surface area contributed by atoms with E-state index in [4.69, 9.17) is 5.11 Å². The number of fused-ring (bicyclic) bond motifs is 1. The number of aliphatic hydroxyl groups excluding tert-OH is 2. The summed E-state index contributed by atoms with van der Waals surface area (Å²) in [6, 6.07) is 16.3. The second-order valence-electron chi connectivity index (χ2n) is 7.67. The predicted molar refractivity (Wildman–Crippen MR) is 110 cm³/mol. The summed E-state index contributed by atoms with van der Waals surface area (Å²) in [6.07, 6.45) is 4.80. The number of benzene rings is 2. The van der Waals surface area contributed by atoms with Crippen LogP contribution < -0.4 is 0 Å². The Labute approximate surface area is 164 Å². The number of ketones is 1. The molecule has 1 aliphatic rings. The van der Waals surface area contributed by atoms with Crippen LogP contribution in [0.1, 0.15) is 30.4 Å². The van der Waals surface area contributed by atoms with Crippen molar-refractivity contribution in [2.45, 2.75) is 38.2 Å². The first kappa shape index (κ1) is 18.8. The van der Waals surface area contributed by atoms with Crippen LogP contribution in [0.2, 0.25) is 0 Å². The molecule has 0 aliphatic heterocycles. The number of para-hydroxylation sites is 1. The van der Waals surface area contributed by atoms with Crippen LogP contribution in [-0.2, 0) is 17.6 Å². The van der Waals surface area contributed by atoms with Gasteiger partial charge in [-0.3, -0.25) is 9.78 Å². The largest absolute Gasteiger partial charge is 0.394 e. The number of nitrogens with zero attached hydrogens (tertiary/aromatic N) is 1. The molecule has 0 amide bonds. The fourth-order valence-corrected chi connectivity index (χ4v) is 3.70. The molecule has 1 heterocycles. The van der Waals surface area contributed by atoms with E-state index in [9.17, 15) is 9.90 Å². The molecule has 144 valence electrons. The van der Waals surface area contributed by atoms with E-state index in [1.54, 1.807) is 0 Å². The average Bonchev–Trinajstić information content (AvgIpc) is 3.57. The minimum atomic E-state index is -0.697. The predicted octanol–water partition coefficient (Wildman–Crippen LogP) is 3.71. The van der Waals surface area contributed by atoms with E-state index < -0.39 is 6.10 Å². The molecule has 2 N–H and O–H groups in total. The normalized spacial score (nSPS) is 14.9. The monoisotopic (exact) mass is 375 g/mol. The number of hydrogen-bond acceptors (Lipinski definition) is 4. The number of aliphatic hydroxyl groups is 2. The third-order valence-corrected chi connectivity index (χ3v) is 5.44. The molecule has 4 nitrogen and oxygen atoms in total. The van der Waals surface area contributed by atoms with E-state index >= 15 is 0 Å². The van der Waals surface area contributed by atoms with E-state index in [1.165, 1.54) is 0 Å². The van der Waals surface area contributed by atoms with Crippen molar-refractivity contribution in [1.29, 1.82) is 0 Å². The summed E-state index contributed by atoms with van der Waals surface area (Å²) in [6.45, 7) is -0.220. The number of carbonyl (C=O) groups excluding carboxylic acids is 1. The summed E-state index contributed by atoms with van der Waals surface area (Å²) in [5, 5.41) is 19.7. The van der Waals surface area contributed by atoms with Crippen LogP contribution in [-0.4, -0.2) is 33.7 Å². The fourth-order valence-electron chi connectivity index (χ4n) is 3.70. The Morgan fingerprint density at radius 3 is 2.75 bits per heavy atom. The highest BCUT2D eigenvalue weighted by molar-refractivity contribution is 5.98. The Bertz CT molecular complexity index is 994. The number of hydrogen-bond donors (Lipinski definition) is 2. The van der Waals surface area contributed by atoms with Gasteiger partial charge in [0.05, 0.1) is 18.2 Å². The second-order valence-corrected chi connectivity index (χ2v) is 7.67. The zero-order valence-corrected chi connectivity index (χ0v) is 15.8. The van der Waals surface area contributed by atoms with Crippen LogP contribution >= 0.6 is 0 Å². The van der Waals surface area contributed by atoms with Gasteiger partial charge < -0.3 is 10.2 Å². The molecule has 0 spiro atoms. The SMILES string of the molecule is O=C(Cc1cnc2ccccc2c1-c1cccc(CCC(O)CO)c1)C1CC1. The van der Waals surface area contributed by atoms with Gasteiger partial charge in [-0.1, -0.05) is 42.5 Å². The van der Waals surface area contributed by atoms with Gasteiger partial charge in [0.15, 0.2) is 0 Å². The average molecular weight is 375 g/mol. The molecule has 1 atom stereocenters. The molecule has 1 saturated carbocycles. The summed E-state index contributed by atoms with van der Waals surface area (Å²) < 4.78 is 0. The Kier molecular flexibility index (Phi) is 5.51. The molecule has 1 unspecified atom stereocenters. The van der Waals surface area contributed by atoms with E-state index in [1.807, 2.05) is 36.5 Å². The lowest BCUT2D eigenvalue weighted by Crippen LogP contribution is -2.12. The lowest BCUT2D eigenvalue weighted by molar-refractivity contribution is -0.119. The summed E-state index contributed by atoms with van der Waals surface area (Å²) in [5.74, 6) is 0.533. The number of Topliss-reactive ketones (excluding diaryl/α,β-unsaturated/α-hetero) is 1. The maximum Gasteiger partial charge on any atom is 0.140 e. The minimum Gasteiger partial charge on any atom is -0.394 e. The molecule has 1 aromatic heterocycles. The van der Waals surface area contributed by atoms with Crippen molar-refractivity contribution in [1.82, 2.24) is 4.98 Å². The summed E-state index contributed by atoms with van der Waals surface area (Å²) in [7, 11) is 0. The Morgan fingerprint density at radius 2 is 1.96 bits per heavy atom. The Hall–Kier alpha value is -2.56. The summed E-state index contributed by atoms with van der Waals surface area (Å²) in [5.41, 5.74) is 5.13. The van der Waals surface area contributed by atoms with Gasteiger partial charge in [-0.25, -0.2) is 0 Å². The van der Waals surface area contributed by atoms with Crippen molar-refractivity contribution < 1.29 is 15.0 Å². The van der Waals surface area contributed by atoms with Gasteiger partial charge in [-0.2, -0.15) is 0 Å². The van der Waals surface area contributed by atoms with Crippen LogP contribution in [0, 0.1) is 5.92 Å². The van der Waals surface area contributed by atoms with Crippen LogP contribution in [0.4, 0.5) is 0 Å². The van der Waals surface area contributed by atoms with Gasteiger partial charge in [-0.05, 0) is 54.0 Å². The molecule has 3 aromatic rings. The van der Waals surface area contributed by atoms with Gasteiger partial charge in [0.2, 0.25) is 0 Å². The van der Waals surface area contributed by atoms with E-state index in [-0.39, 0.29) is 12.5 Å². The van der Waals surface area contributed by atoms with Crippen LogP contribution in [0.25, 0.3) is 22.0 Å². The topological polar surface area (TPSA) is 70.4 Å². The van der Waals surface area contributed by atoms with Crippen molar-refractivity contribution in [3.05, 3.63) is 65.9 Å². The Morgan fingerprint density at radius 1 is 1.14 bits per heavy atom. The third kappa shape index (κ3) is 4.13. The molecule has 1 fully saturated rings. The minimum absolute atomic E-state index is 0.220. The molecule has 1 aliphatic carbocycles. The highest BCUT2D eigenvalue weighted by Crippen LogP contribution is 2.35. The van der Waals surface area contributed by atoms with Crippen molar-refractivity contribution in [2.24, 2.45) is 5.92 Å². The Balaban J connectivity index is 1.74. The first-order chi connectivity index (χ1) is 13.7. The fraction of sp³-hybridized carbons (Fsp3) is 0.333. The standard InChI is InChI=1S/C24H25NO3/c26-15-20(27)11-8-16-4-3-5-18(12-16)24-19(13-23(28)17-9-10-17)14-25-22-7-2-1-6-21(22)24/h1-7,12,14,17,20,26-27H,8-11,13,15H2. The highest BCUT2D eigenvalue weighted by atomic mass is 16.3. The van der Waals surface area contributed by atoms with Gasteiger partial charge in [0.1, 0.15) is 5.78 Å². The molecule has 0 radical (unpaired) electrons. The molecular weight excluding hydrogens is 350 g/mol. The maximum atomic E-state index is 12.5. The molecule has 4 heteroatoms. The first-order valence-electron chi connectivity index (χ1n) is 9.93. The van der Waals surface area contributed by atoms with Crippen molar-refractivity contribution in [3.8, 4) is 11.1 Å². The van der Waals surface area contributed by atoms with E-state index in [0.717, 1.165) is 46.0 Å². The molecule has 0 bridgehead atoms. The number of carbonyl (C=O) groups is 1. The van der Waals surface area contributed by atoms with Gasteiger partial charge in [-0.15, -0.1) is 0 Å². The van der Waals surface area contributed by atoms with Gasteiger partial charge in [0, 0.05) is 23.9 Å². The molecule has 0 saturated heterocycles. The van der Waals surface area contributed by atoms with E-state index in [0.29, 0.717) is 25.0 Å².